The normalized spacial score (nSPS) is 10.6. The molecule has 7 nitrogen and oxygen atoms in total. The minimum atomic E-state index is -0.602. The molecule has 1 heterocycles. The van der Waals surface area contributed by atoms with Gasteiger partial charge in [0.1, 0.15) is 0 Å². The van der Waals surface area contributed by atoms with Crippen molar-refractivity contribution in [2.45, 2.75) is 6.92 Å². The van der Waals surface area contributed by atoms with E-state index in [1.54, 1.807) is 6.08 Å². The number of aromatic nitrogens is 1. The molecule has 1 N–H and O–H groups in total. The number of rotatable bonds is 6. The molecule has 1 aromatic heterocycles. The van der Waals surface area contributed by atoms with E-state index in [1.807, 2.05) is 12.3 Å². The van der Waals surface area contributed by atoms with Crippen molar-refractivity contribution in [1.82, 2.24) is 4.98 Å². The number of hydrogen-bond acceptors (Lipinski definition) is 7. The summed E-state index contributed by atoms with van der Waals surface area (Å²) in [6.07, 6.45) is 2.93. The van der Waals surface area contributed by atoms with Gasteiger partial charge in [-0.25, -0.2) is 9.78 Å². The number of carbonyl (C=O) groups is 2. The maximum Gasteiger partial charge on any atom is 0.340 e. The second-order valence-corrected chi connectivity index (χ2v) is 5.92. The Kier molecular flexibility index (Phi) is 6.13. The molecule has 0 radical (unpaired) electrons. The van der Waals surface area contributed by atoms with Crippen LogP contribution in [0.2, 0.25) is 0 Å². The number of esters is 1. The maximum absolute atomic E-state index is 12.2. The molecule has 2 aromatic rings. The van der Waals surface area contributed by atoms with E-state index in [9.17, 15) is 9.59 Å². The van der Waals surface area contributed by atoms with Crippen molar-refractivity contribution in [2.75, 3.05) is 26.6 Å². The number of anilines is 1. The van der Waals surface area contributed by atoms with E-state index in [0.29, 0.717) is 17.2 Å². The molecule has 0 atom stereocenters. The van der Waals surface area contributed by atoms with Crippen LogP contribution in [-0.2, 0) is 9.53 Å². The number of methoxy groups -OCH3 is 3. The summed E-state index contributed by atoms with van der Waals surface area (Å²) in [7, 11) is 4.18. The van der Waals surface area contributed by atoms with Gasteiger partial charge in [0.2, 0.25) is 5.91 Å². The number of nitrogens with one attached hydrogen (secondary N) is 1. The van der Waals surface area contributed by atoms with Crippen molar-refractivity contribution in [2.24, 2.45) is 0 Å². The van der Waals surface area contributed by atoms with Gasteiger partial charge in [-0.2, -0.15) is 0 Å². The summed E-state index contributed by atoms with van der Waals surface area (Å²) >= 11 is 1.49. The average Bonchev–Trinajstić information content (AvgIpc) is 3.04. The first-order chi connectivity index (χ1) is 12.0. The Bertz CT molecular complexity index is 813. The van der Waals surface area contributed by atoms with Crippen LogP contribution in [0.4, 0.5) is 5.69 Å². The Hall–Kier alpha value is -2.87. The molecular weight excluding hydrogens is 344 g/mol. The zero-order valence-electron chi connectivity index (χ0n) is 14.3. The Morgan fingerprint density at radius 2 is 1.84 bits per heavy atom. The van der Waals surface area contributed by atoms with Gasteiger partial charge in [-0.05, 0) is 13.0 Å². The minimum Gasteiger partial charge on any atom is -0.493 e. The van der Waals surface area contributed by atoms with Crippen LogP contribution in [0.15, 0.2) is 23.6 Å². The number of aryl methyl sites for hydroxylation is 1. The topological polar surface area (TPSA) is 86.8 Å². The lowest BCUT2D eigenvalue weighted by atomic mass is 10.1. The largest absolute Gasteiger partial charge is 0.493 e. The van der Waals surface area contributed by atoms with E-state index in [0.717, 1.165) is 5.01 Å². The van der Waals surface area contributed by atoms with Gasteiger partial charge >= 0.3 is 5.97 Å². The number of nitrogens with zero attached hydrogens (tertiary/aromatic N) is 1. The molecule has 0 aliphatic heterocycles. The van der Waals surface area contributed by atoms with Gasteiger partial charge in [0, 0.05) is 23.6 Å². The van der Waals surface area contributed by atoms with Crippen molar-refractivity contribution < 1.29 is 23.8 Å². The van der Waals surface area contributed by atoms with Gasteiger partial charge in [-0.15, -0.1) is 11.3 Å². The predicted octanol–water partition coefficient (Wildman–Crippen LogP) is 2.91. The molecule has 2 rings (SSSR count). The lowest BCUT2D eigenvalue weighted by Crippen LogP contribution is -2.13. The molecule has 25 heavy (non-hydrogen) atoms. The summed E-state index contributed by atoms with van der Waals surface area (Å²) < 4.78 is 15.1. The highest BCUT2D eigenvalue weighted by atomic mass is 32.1. The second kappa shape index (κ2) is 8.29. The lowest BCUT2D eigenvalue weighted by Gasteiger charge is -2.13. The van der Waals surface area contributed by atoms with Crippen molar-refractivity contribution in [1.29, 1.82) is 0 Å². The molecule has 1 amide bonds. The van der Waals surface area contributed by atoms with E-state index in [2.05, 4.69) is 10.3 Å². The van der Waals surface area contributed by atoms with Crippen LogP contribution < -0.4 is 14.8 Å². The molecule has 0 fully saturated rings. The Morgan fingerprint density at radius 1 is 1.16 bits per heavy atom. The second-order valence-electron chi connectivity index (χ2n) is 4.86. The molecule has 8 heteroatoms. The van der Waals surface area contributed by atoms with Crippen LogP contribution in [-0.4, -0.2) is 38.2 Å². The first-order valence-electron chi connectivity index (χ1n) is 7.24. The smallest absolute Gasteiger partial charge is 0.340 e. The van der Waals surface area contributed by atoms with E-state index in [-0.39, 0.29) is 11.3 Å². The third-order valence-electron chi connectivity index (χ3n) is 3.23. The number of amides is 1. The molecule has 0 aliphatic rings. The fourth-order valence-corrected chi connectivity index (χ4v) is 2.63. The number of benzene rings is 1. The summed E-state index contributed by atoms with van der Waals surface area (Å²) in [5, 5.41) is 5.40. The van der Waals surface area contributed by atoms with Crippen LogP contribution >= 0.6 is 11.3 Å². The Balaban J connectivity index is 2.28. The van der Waals surface area contributed by atoms with Crippen LogP contribution in [0.1, 0.15) is 21.1 Å². The van der Waals surface area contributed by atoms with Gasteiger partial charge in [0.25, 0.3) is 0 Å². The summed E-state index contributed by atoms with van der Waals surface area (Å²) in [5.41, 5.74) is 1.11. The van der Waals surface area contributed by atoms with Crippen LogP contribution in [0, 0.1) is 6.92 Å². The third-order valence-corrected chi connectivity index (χ3v) is 4.02. The van der Waals surface area contributed by atoms with Crippen LogP contribution in [0.3, 0.4) is 0 Å². The van der Waals surface area contributed by atoms with Crippen LogP contribution in [0.25, 0.3) is 6.08 Å². The molecule has 0 unspecified atom stereocenters. The summed E-state index contributed by atoms with van der Waals surface area (Å²) in [6, 6.07) is 2.96. The quantitative estimate of drug-likeness (QED) is 0.628. The SMILES string of the molecule is COC(=O)c1cc(OC)c(OC)cc1NC(=O)/C=C/c1csc(C)n1. The minimum absolute atomic E-state index is 0.159. The lowest BCUT2D eigenvalue weighted by molar-refractivity contribution is -0.111. The first-order valence-corrected chi connectivity index (χ1v) is 8.12. The van der Waals surface area contributed by atoms with Gasteiger partial charge < -0.3 is 19.5 Å². The number of thiazole rings is 1. The summed E-state index contributed by atoms with van der Waals surface area (Å²) in [5.74, 6) is -0.280. The maximum atomic E-state index is 12.2. The van der Waals surface area contributed by atoms with Crippen molar-refractivity contribution >= 4 is 35.0 Å². The Labute approximate surface area is 149 Å². The van der Waals surface area contributed by atoms with Crippen molar-refractivity contribution in [3.8, 4) is 11.5 Å². The molecule has 0 saturated carbocycles. The van der Waals surface area contributed by atoms with E-state index < -0.39 is 11.9 Å². The van der Waals surface area contributed by atoms with E-state index in [1.165, 1.54) is 50.9 Å². The monoisotopic (exact) mass is 362 g/mol. The van der Waals surface area contributed by atoms with Crippen molar-refractivity contribution in [3.63, 3.8) is 0 Å². The zero-order chi connectivity index (χ0) is 18.4. The van der Waals surface area contributed by atoms with E-state index >= 15 is 0 Å². The van der Waals surface area contributed by atoms with Gasteiger partial charge in [0.15, 0.2) is 11.5 Å². The molecule has 1 aromatic carbocycles. The summed E-state index contributed by atoms with van der Waals surface area (Å²) in [6.45, 7) is 1.88. The van der Waals surface area contributed by atoms with Crippen LogP contribution in [0.5, 0.6) is 11.5 Å². The molecule has 0 saturated heterocycles. The van der Waals surface area contributed by atoms with E-state index in [4.69, 9.17) is 14.2 Å². The predicted molar refractivity (Wildman–Crippen MR) is 95.4 cm³/mol. The number of carbonyl (C=O) groups excluding carboxylic acids is 2. The highest BCUT2D eigenvalue weighted by Gasteiger charge is 2.18. The highest BCUT2D eigenvalue weighted by molar-refractivity contribution is 7.09. The molecule has 0 bridgehead atoms. The number of ether oxygens (including phenoxy) is 3. The fraction of sp³-hybridized carbons (Fsp3) is 0.235. The third kappa shape index (κ3) is 4.57. The molecule has 0 aliphatic carbocycles. The standard InChI is InChI=1S/C17H18N2O5S/c1-10-18-11(9-25-10)5-6-16(20)19-13-8-15(23-3)14(22-2)7-12(13)17(21)24-4/h5-9H,1-4H3,(H,19,20)/b6-5+. The Morgan fingerprint density at radius 3 is 2.40 bits per heavy atom. The van der Waals surface area contributed by atoms with Crippen molar-refractivity contribution in [3.05, 3.63) is 39.9 Å². The molecule has 132 valence electrons. The van der Waals surface area contributed by atoms with Gasteiger partial charge in [-0.3, -0.25) is 4.79 Å². The average molecular weight is 362 g/mol. The summed E-state index contributed by atoms with van der Waals surface area (Å²) in [4.78, 5) is 28.4. The fourth-order valence-electron chi connectivity index (χ4n) is 2.05. The molecular formula is C17H18N2O5S. The zero-order valence-corrected chi connectivity index (χ0v) is 15.1. The first kappa shape index (κ1) is 18.5. The van der Waals surface area contributed by atoms with Gasteiger partial charge in [-0.1, -0.05) is 0 Å². The van der Waals surface area contributed by atoms with Gasteiger partial charge in [0.05, 0.1) is 43.3 Å². The molecule has 0 spiro atoms. The highest BCUT2D eigenvalue weighted by Crippen LogP contribution is 2.33. The number of hydrogen-bond donors (Lipinski definition) is 1.